The maximum atomic E-state index is 11.2. The molecule has 0 aliphatic carbocycles. The van der Waals surface area contributed by atoms with Crippen molar-refractivity contribution in [2.75, 3.05) is 0 Å². The van der Waals surface area contributed by atoms with E-state index < -0.39 is 0 Å². The van der Waals surface area contributed by atoms with Crippen molar-refractivity contribution in [3.63, 3.8) is 0 Å². The molecule has 2 aromatic rings. The van der Waals surface area contributed by atoms with Crippen LogP contribution in [0.5, 0.6) is 0 Å². The number of pyridine rings is 2. The monoisotopic (exact) mass is 194 g/mol. The molecule has 0 radical (unpaired) electrons. The third-order valence-corrected chi connectivity index (χ3v) is 2.30. The highest BCUT2D eigenvalue weighted by atomic mass is 35.5. The second kappa shape index (κ2) is 2.85. The summed E-state index contributed by atoms with van der Waals surface area (Å²) in [6, 6.07) is 4.94. The van der Waals surface area contributed by atoms with Gasteiger partial charge in [0, 0.05) is 24.7 Å². The summed E-state index contributed by atoms with van der Waals surface area (Å²) in [7, 11) is 1.71. The summed E-state index contributed by atoms with van der Waals surface area (Å²) in [4.78, 5) is 15.2. The van der Waals surface area contributed by atoms with Crippen LogP contribution in [0.2, 0.25) is 5.15 Å². The lowest BCUT2D eigenvalue weighted by atomic mass is 10.3. The van der Waals surface area contributed by atoms with Crippen molar-refractivity contribution < 1.29 is 0 Å². The number of nitrogens with zero attached hydrogens (tertiary/aromatic N) is 2. The summed E-state index contributed by atoms with van der Waals surface area (Å²) in [5, 5.41) is 1.22. The van der Waals surface area contributed by atoms with Gasteiger partial charge in [-0.3, -0.25) is 4.79 Å². The van der Waals surface area contributed by atoms with E-state index in [0.29, 0.717) is 5.15 Å². The van der Waals surface area contributed by atoms with Crippen LogP contribution in [-0.2, 0) is 7.05 Å². The van der Waals surface area contributed by atoms with E-state index in [4.69, 9.17) is 11.6 Å². The molecule has 0 bridgehead atoms. The van der Waals surface area contributed by atoms with Crippen molar-refractivity contribution in [2.24, 2.45) is 7.05 Å². The molecule has 0 atom stereocenters. The number of aryl methyl sites for hydroxylation is 1. The second-order valence-corrected chi connectivity index (χ2v) is 3.12. The lowest BCUT2D eigenvalue weighted by Crippen LogP contribution is -2.15. The third-order valence-electron chi connectivity index (χ3n) is 2.00. The zero-order chi connectivity index (χ0) is 9.42. The minimum absolute atomic E-state index is 0.0465. The maximum absolute atomic E-state index is 11.2. The predicted molar refractivity (Wildman–Crippen MR) is 52.0 cm³/mol. The molecule has 0 unspecified atom stereocenters. The summed E-state index contributed by atoms with van der Waals surface area (Å²) in [5.41, 5.74) is 0.752. The van der Waals surface area contributed by atoms with Gasteiger partial charge in [-0.2, -0.15) is 0 Å². The molecule has 2 heterocycles. The predicted octanol–water partition coefficient (Wildman–Crippen LogP) is 1.59. The normalized spacial score (nSPS) is 10.6. The van der Waals surface area contributed by atoms with E-state index in [9.17, 15) is 4.79 Å². The van der Waals surface area contributed by atoms with E-state index in [1.165, 1.54) is 6.07 Å². The van der Waals surface area contributed by atoms with Crippen LogP contribution >= 0.6 is 11.6 Å². The van der Waals surface area contributed by atoms with Crippen LogP contribution in [0.3, 0.4) is 0 Å². The van der Waals surface area contributed by atoms with Crippen LogP contribution in [0.4, 0.5) is 0 Å². The molecule has 0 aromatic carbocycles. The Bertz CT molecular complexity index is 518. The quantitative estimate of drug-likeness (QED) is 0.597. The van der Waals surface area contributed by atoms with Crippen molar-refractivity contribution in [3.8, 4) is 0 Å². The van der Waals surface area contributed by atoms with Crippen molar-refractivity contribution in [1.29, 1.82) is 0 Å². The lowest BCUT2D eigenvalue weighted by Gasteiger charge is -2.03. The highest BCUT2D eigenvalue weighted by molar-refractivity contribution is 6.34. The summed E-state index contributed by atoms with van der Waals surface area (Å²) >= 11 is 5.85. The number of halogens is 1. The Labute approximate surface area is 79.6 Å². The van der Waals surface area contributed by atoms with Crippen molar-refractivity contribution in [1.82, 2.24) is 9.55 Å². The molecule has 0 fully saturated rings. The Morgan fingerprint density at radius 2 is 2.15 bits per heavy atom. The first-order valence-electron chi connectivity index (χ1n) is 3.80. The Hall–Kier alpha value is -1.35. The fourth-order valence-electron chi connectivity index (χ4n) is 1.27. The van der Waals surface area contributed by atoms with Crippen molar-refractivity contribution >= 4 is 22.5 Å². The fourth-order valence-corrected chi connectivity index (χ4v) is 1.49. The average Bonchev–Trinajstić information content (AvgIpc) is 2.12. The van der Waals surface area contributed by atoms with Gasteiger partial charge in [0.15, 0.2) is 0 Å². The van der Waals surface area contributed by atoms with Gasteiger partial charge in [0.25, 0.3) is 5.56 Å². The van der Waals surface area contributed by atoms with Crippen LogP contribution in [0, 0.1) is 0 Å². The molecular weight excluding hydrogens is 188 g/mol. The van der Waals surface area contributed by atoms with Gasteiger partial charge in [0.2, 0.25) is 0 Å². The smallest absolute Gasteiger partial charge is 0.250 e. The van der Waals surface area contributed by atoms with Gasteiger partial charge in [-0.1, -0.05) is 11.6 Å². The van der Waals surface area contributed by atoms with Gasteiger partial charge >= 0.3 is 0 Å². The minimum Gasteiger partial charge on any atom is -0.311 e. The molecule has 66 valence electrons. The molecule has 0 spiro atoms. The number of rotatable bonds is 0. The molecule has 0 N–H and O–H groups in total. The molecule has 4 heteroatoms. The Morgan fingerprint density at radius 1 is 1.38 bits per heavy atom. The average molecular weight is 195 g/mol. The maximum Gasteiger partial charge on any atom is 0.250 e. The summed E-state index contributed by atoms with van der Waals surface area (Å²) in [6.07, 6.45) is 1.59. The minimum atomic E-state index is -0.0465. The second-order valence-electron chi connectivity index (χ2n) is 2.77. The fraction of sp³-hybridized carbons (Fsp3) is 0.111. The van der Waals surface area contributed by atoms with Crippen molar-refractivity contribution in [2.45, 2.75) is 0 Å². The first kappa shape index (κ1) is 8.26. The van der Waals surface area contributed by atoms with Crippen LogP contribution in [-0.4, -0.2) is 9.55 Å². The molecule has 0 amide bonds. The molecule has 13 heavy (non-hydrogen) atoms. The molecule has 0 saturated carbocycles. The highest BCUT2D eigenvalue weighted by Crippen LogP contribution is 2.17. The Balaban J connectivity index is 3.03. The summed E-state index contributed by atoms with van der Waals surface area (Å²) < 4.78 is 1.54. The number of fused-ring (bicyclic) bond motifs is 1. The molecular formula is C9H7ClN2O. The van der Waals surface area contributed by atoms with Gasteiger partial charge in [-0.25, -0.2) is 4.98 Å². The van der Waals surface area contributed by atoms with E-state index in [0.717, 1.165) is 10.9 Å². The Morgan fingerprint density at radius 3 is 2.92 bits per heavy atom. The van der Waals surface area contributed by atoms with Gasteiger partial charge < -0.3 is 4.57 Å². The van der Waals surface area contributed by atoms with E-state index >= 15 is 0 Å². The summed E-state index contributed by atoms with van der Waals surface area (Å²) in [5.74, 6) is 0. The van der Waals surface area contributed by atoms with E-state index in [1.54, 1.807) is 29.9 Å². The zero-order valence-corrected chi connectivity index (χ0v) is 7.75. The first-order chi connectivity index (χ1) is 6.20. The molecule has 2 rings (SSSR count). The van der Waals surface area contributed by atoms with E-state index in [2.05, 4.69) is 4.98 Å². The van der Waals surface area contributed by atoms with Gasteiger partial charge in [0.05, 0.1) is 5.52 Å². The molecule has 3 nitrogen and oxygen atoms in total. The van der Waals surface area contributed by atoms with Gasteiger partial charge in [-0.15, -0.1) is 0 Å². The molecule has 0 aliphatic heterocycles. The Kier molecular flexibility index (Phi) is 1.81. The van der Waals surface area contributed by atoms with Crippen LogP contribution in [0.15, 0.2) is 29.2 Å². The topological polar surface area (TPSA) is 34.9 Å². The number of hydrogen-bond acceptors (Lipinski definition) is 2. The lowest BCUT2D eigenvalue weighted by molar-refractivity contribution is 0.905. The molecule has 0 saturated heterocycles. The first-order valence-corrected chi connectivity index (χ1v) is 4.18. The standard InChI is InChI=1S/C9H7ClN2O/c1-12-7-4-5-11-9(10)6(7)2-3-8(12)13/h2-5H,1H3. The molecule has 0 aliphatic rings. The van der Waals surface area contributed by atoms with E-state index in [-0.39, 0.29) is 5.56 Å². The zero-order valence-electron chi connectivity index (χ0n) is 6.99. The van der Waals surface area contributed by atoms with Crippen LogP contribution < -0.4 is 5.56 Å². The van der Waals surface area contributed by atoms with Crippen molar-refractivity contribution in [3.05, 3.63) is 39.9 Å². The van der Waals surface area contributed by atoms with Gasteiger partial charge in [-0.05, 0) is 12.1 Å². The van der Waals surface area contributed by atoms with Gasteiger partial charge in [0.1, 0.15) is 5.15 Å². The van der Waals surface area contributed by atoms with Crippen LogP contribution in [0.25, 0.3) is 10.9 Å². The number of hydrogen-bond donors (Lipinski definition) is 0. The SMILES string of the molecule is Cn1c(=O)ccc2c(Cl)nccc21. The third kappa shape index (κ3) is 1.21. The van der Waals surface area contributed by atoms with E-state index in [1.807, 2.05) is 0 Å². The molecule has 2 aromatic heterocycles. The van der Waals surface area contributed by atoms with Crippen LogP contribution in [0.1, 0.15) is 0 Å². The summed E-state index contributed by atoms with van der Waals surface area (Å²) in [6.45, 7) is 0. The largest absolute Gasteiger partial charge is 0.311 e. The highest BCUT2D eigenvalue weighted by Gasteiger charge is 2.02. The number of aromatic nitrogens is 2.